The third-order valence-corrected chi connectivity index (χ3v) is 2.57. The van der Waals surface area contributed by atoms with Crippen molar-refractivity contribution in [1.29, 1.82) is 0 Å². The van der Waals surface area contributed by atoms with Crippen LogP contribution in [0.1, 0.15) is 13.8 Å². The summed E-state index contributed by atoms with van der Waals surface area (Å²) >= 11 is 0. The molecule has 1 aromatic rings. The third-order valence-electron chi connectivity index (χ3n) is 2.57. The standard InChI is InChI=1S/C12H15F2NO2/c1-3-15(7-8(2)12(16)17)9-4-5-10(13)11(14)6-9/h4-6,8H,3,7H2,1-2H3,(H,16,17). The zero-order valence-electron chi connectivity index (χ0n) is 9.78. The van der Waals surface area contributed by atoms with Crippen LogP contribution in [0.3, 0.4) is 0 Å². The van der Waals surface area contributed by atoms with Gasteiger partial charge >= 0.3 is 5.97 Å². The number of hydrogen-bond acceptors (Lipinski definition) is 2. The van der Waals surface area contributed by atoms with Gasteiger partial charge in [-0.05, 0) is 19.1 Å². The fourth-order valence-corrected chi connectivity index (χ4v) is 1.51. The van der Waals surface area contributed by atoms with Crippen molar-refractivity contribution in [3.05, 3.63) is 29.8 Å². The number of halogens is 2. The van der Waals surface area contributed by atoms with Gasteiger partial charge in [0.15, 0.2) is 11.6 Å². The summed E-state index contributed by atoms with van der Waals surface area (Å²) in [7, 11) is 0. The Kier molecular flexibility index (Phi) is 4.43. The van der Waals surface area contributed by atoms with Gasteiger partial charge in [-0.1, -0.05) is 6.92 Å². The van der Waals surface area contributed by atoms with Crippen LogP contribution in [0.15, 0.2) is 18.2 Å². The molecule has 1 atom stereocenters. The second kappa shape index (κ2) is 5.61. The van der Waals surface area contributed by atoms with E-state index in [4.69, 9.17) is 5.11 Å². The lowest BCUT2D eigenvalue weighted by molar-refractivity contribution is -0.140. The molecule has 0 saturated carbocycles. The van der Waals surface area contributed by atoms with Gasteiger partial charge in [0, 0.05) is 24.8 Å². The molecular weight excluding hydrogens is 228 g/mol. The lowest BCUT2D eigenvalue weighted by Gasteiger charge is -2.25. The molecule has 0 bridgehead atoms. The van der Waals surface area contributed by atoms with Gasteiger partial charge in [0.05, 0.1) is 5.92 Å². The molecule has 1 rings (SSSR count). The Labute approximate surface area is 98.7 Å². The van der Waals surface area contributed by atoms with Crippen LogP contribution in [0.5, 0.6) is 0 Å². The zero-order valence-corrected chi connectivity index (χ0v) is 9.78. The highest BCUT2D eigenvalue weighted by Gasteiger charge is 2.16. The molecule has 0 spiro atoms. The van der Waals surface area contributed by atoms with Crippen molar-refractivity contribution < 1.29 is 18.7 Å². The molecule has 0 radical (unpaired) electrons. The fraction of sp³-hybridized carbons (Fsp3) is 0.417. The van der Waals surface area contributed by atoms with Crippen LogP contribution >= 0.6 is 0 Å². The zero-order chi connectivity index (χ0) is 13.0. The Bertz CT molecular complexity index is 409. The van der Waals surface area contributed by atoms with E-state index in [0.717, 1.165) is 12.1 Å². The van der Waals surface area contributed by atoms with Gasteiger partial charge in [-0.15, -0.1) is 0 Å². The van der Waals surface area contributed by atoms with Crippen LogP contribution in [0.25, 0.3) is 0 Å². The van der Waals surface area contributed by atoms with Gasteiger partial charge in [-0.25, -0.2) is 8.78 Å². The lowest BCUT2D eigenvalue weighted by Crippen LogP contribution is -2.31. The van der Waals surface area contributed by atoms with E-state index in [1.165, 1.54) is 6.07 Å². The largest absolute Gasteiger partial charge is 0.481 e. The number of hydrogen-bond donors (Lipinski definition) is 1. The first-order chi connectivity index (χ1) is 7.95. The van der Waals surface area contributed by atoms with E-state index >= 15 is 0 Å². The van der Waals surface area contributed by atoms with Gasteiger partial charge in [-0.2, -0.15) is 0 Å². The molecule has 17 heavy (non-hydrogen) atoms. The van der Waals surface area contributed by atoms with Crippen LogP contribution in [0.4, 0.5) is 14.5 Å². The molecule has 0 saturated heterocycles. The molecule has 0 aromatic heterocycles. The van der Waals surface area contributed by atoms with E-state index in [1.807, 2.05) is 6.92 Å². The maximum Gasteiger partial charge on any atom is 0.308 e. The van der Waals surface area contributed by atoms with Crippen LogP contribution in [-0.4, -0.2) is 24.2 Å². The first kappa shape index (κ1) is 13.4. The van der Waals surface area contributed by atoms with Crippen molar-refractivity contribution in [3.63, 3.8) is 0 Å². The topological polar surface area (TPSA) is 40.5 Å². The third kappa shape index (κ3) is 3.41. The molecule has 0 fully saturated rings. The number of anilines is 1. The Balaban J connectivity index is 2.86. The van der Waals surface area contributed by atoms with E-state index in [1.54, 1.807) is 11.8 Å². The summed E-state index contributed by atoms with van der Waals surface area (Å²) in [4.78, 5) is 12.4. The van der Waals surface area contributed by atoms with Crippen molar-refractivity contribution in [2.24, 2.45) is 5.92 Å². The first-order valence-corrected chi connectivity index (χ1v) is 5.38. The molecule has 0 aliphatic rings. The highest BCUT2D eigenvalue weighted by molar-refractivity contribution is 5.70. The average Bonchev–Trinajstić information content (AvgIpc) is 2.29. The van der Waals surface area contributed by atoms with Crippen LogP contribution in [-0.2, 0) is 4.79 Å². The Morgan fingerprint density at radius 2 is 2.06 bits per heavy atom. The molecule has 1 N–H and O–H groups in total. The quantitative estimate of drug-likeness (QED) is 0.863. The Hall–Kier alpha value is -1.65. The minimum absolute atomic E-state index is 0.261. The van der Waals surface area contributed by atoms with Crippen molar-refractivity contribution in [2.75, 3.05) is 18.0 Å². The van der Waals surface area contributed by atoms with E-state index < -0.39 is 23.5 Å². The monoisotopic (exact) mass is 243 g/mol. The van der Waals surface area contributed by atoms with Gasteiger partial charge in [0.1, 0.15) is 0 Å². The van der Waals surface area contributed by atoms with Crippen molar-refractivity contribution in [2.45, 2.75) is 13.8 Å². The van der Waals surface area contributed by atoms with Crippen LogP contribution in [0, 0.1) is 17.6 Å². The molecule has 1 unspecified atom stereocenters. The fourth-order valence-electron chi connectivity index (χ4n) is 1.51. The normalized spacial score (nSPS) is 12.2. The number of carboxylic acid groups (broad SMARTS) is 1. The van der Waals surface area contributed by atoms with Crippen molar-refractivity contribution in [3.8, 4) is 0 Å². The summed E-state index contributed by atoms with van der Waals surface area (Å²) in [5, 5.41) is 8.81. The Morgan fingerprint density at radius 3 is 2.53 bits per heavy atom. The summed E-state index contributed by atoms with van der Waals surface area (Å²) < 4.78 is 25.8. The predicted molar refractivity (Wildman–Crippen MR) is 61.0 cm³/mol. The molecule has 0 amide bonds. The number of rotatable bonds is 5. The smallest absolute Gasteiger partial charge is 0.308 e. The number of carbonyl (C=O) groups is 1. The molecule has 94 valence electrons. The molecule has 0 aliphatic heterocycles. The number of benzene rings is 1. The number of carboxylic acids is 1. The summed E-state index contributed by atoms with van der Waals surface area (Å²) in [6, 6.07) is 3.56. The maximum absolute atomic E-state index is 13.1. The number of aliphatic carboxylic acids is 1. The van der Waals surface area contributed by atoms with E-state index in [0.29, 0.717) is 12.2 Å². The second-order valence-corrected chi connectivity index (χ2v) is 3.88. The maximum atomic E-state index is 13.1. The second-order valence-electron chi connectivity index (χ2n) is 3.88. The van der Waals surface area contributed by atoms with Gasteiger partial charge < -0.3 is 10.0 Å². The Morgan fingerprint density at radius 1 is 1.41 bits per heavy atom. The predicted octanol–water partition coefficient (Wildman–Crippen LogP) is 2.51. The molecular formula is C12H15F2NO2. The molecule has 0 heterocycles. The SMILES string of the molecule is CCN(CC(C)C(=O)O)c1ccc(F)c(F)c1. The summed E-state index contributed by atoms with van der Waals surface area (Å²) in [5.41, 5.74) is 0.486. The summed E-state index contributed by atoms with van der Waals surface area (Å²) in [6.45, 7) is 4.19. The molecule has 5 heteroatoms. The lowest BCUT2D eigenvalue weighted by atomic mass is 10.1. The van der Waals surface area contributed by atoms with Gasteiger partial charge in [-0.3, -0.25) is 4.79 Å². The average molecular weight is 243 g/mol. The van der Waals surface area contributed by atoms with E-state index in [9.17, 15) is 13.6 Å². The van der Waals surface area contributed by atoms with E-state index in [2.05, 4.69) is 0 Å². The van der Waals surface area contributed by atoms with E-state index in [-0.39, 0.29) is 6.54 Å². The molecule has 3 nitrogen and oxygen atoms in total. The van der Waals surface area contributed by atoms with Crippen LogP contribution in [0.2, 0.25) is 0 Å². The molecule has 0 aliphatic carbocycles. The van der Waals surface area contributed by atoms with Crippen molar-refractivity contribution in [1.82, 2.24) is 0 Å². The summed E-state index contributed by atoms with van der Waals surface area (Å²) in [6.07, 6.45) is 0. The number of nitrogens with zero attached hydrogens (tertiary/aromatic N) is 1. The van der Waals surface area contributed by atoms with Gasteiger partial charge in [0.2, 0.25) is 0 Å². The summed E-state index contributed by atoms with van der Waals surface area (Å²) in [5.74, 6) is -3.31. The highest BCUT2D eigenvalue weighted by Crippen LogP contribution is 2.19. The van der Waals surface area contributed by atoms with Crippen LogP contribution < -0.4 is 4.90 Å². The first-order valence-electron chi connectivity index (χ1n) is 5.38. The minimum atomic E-state index is -0.927. The highest BCUT2D eigenvalue weighted by atomic mass is 19.2. The molecule has 1 aromatic carbocycles. The van der Waals surface area contributed by atoms with Gasteiger partial charge in [0.25, 0.3) is 0 Å². The van der Waals surface area contributed by atoms with Crippen molar-refractivity contribution >= 4 is 11.7 Å². The minimum Gasteiger partial charge on any atom is -0.481 e.